The number of hydrogen-bond donors (Lipinski definition) is 1. The van der Waals surface area contributed by atoms with Crippen molar-refractivity contribution in [1.29, 1.82) is 0 Å². The number of hydrogen-bond acceptors (Lipinski definition) is 4. The molecule has 2 heterocycles. The number of rotatable bonds is 5. The molecule has 0 spiro atoms. The van der Waals surface area contributed by atoms with Gasteiger partial charge in [0.15, 0.2) is 5.96 Å². The first-order chi connectivity index (χ1) is 12.6. The first-order valence-electron chi connectivity index (χ1n) is 9.24. The third kappa shape index (κ3) is 6.10. The van der Waals surface area contributed by atoms with Gasteiger partial charge in [0, 0.05) is 62.6 Å². The predicted octanol–water partition coefficient (Wildman–Crippen LogP) is 2.84. The van der Waals surface area contributed by atoms with Gasteiger partial charge in [0.05, 0.1) is 13.2 Å². The molecule has 0 amide bonds. The molecule has 152 valence electrons. The Balaban J connectivity index is 0.00000261. The molecular weight excluding hydrogens is 479 g/mol. The van der Waals surface area contributed by atoms with Gasteiger partial charge < -0.3 is 25.0 Å². The minimum atomic E-state index is 0. The molecule has 27 heavy (non-hydrogen) atoms. The summed E-state index contributed by atoms with van der Waals surface area (Å²) in [6.07, 6.45) is 1.95. The van der Waals surface area contributed by atoms with Crippen molar-refractivity contribution in [3.63, 3.8) is 0 Å². The maximum atomic E-state index is 6.29. The lowest BCUT2D eigenvalue weighted by Gasteiger charge is -2.38. The van der Waals surface area contributed by atoms with Gasteiger partial charge in [-0.3, -0.25) is 4.99 Å². The Hall–Kier alpha value is -0.770. The molecule has 0 saturated carbocycles. The zero-order valence-electron chi connectivity index (χ0n) is 15.9. The fraction of sp³-hybridized carbons (Fsp3) is 0.632. The molecule has 6 nitrogen and oxygen atoms in total. The van der Waals surface area contributed by atoms with Gasteiger partial charge >= 0.3 is 0 Å². The van der Waals surface area contributed by atoms with Crippen molar-refractivity contribution in [2.45, 2.75) is 12.8 Å². The Kier molecular flexibility index (Phi) is 8.91. The molecule has 0 radical (unpaired) electrons. The molecule has 0 aromatic heterocycles. The Bertz CT molecular complexity index is 595. The normalized spacial score (nSPS) is 20.3. The van der Waals surface area contributed by atoms with Crippen LogP contribution >= 0.6 is 35.6 Å². The lowest BCUT2D eigenvalue weighted by molar-refractivity contribution is -0.0224. The van der Waals surface area contributed by atoms with Gasteiger partial charge in [0.2, 0.25) is 0 Å². The summed E-state index contributed by atoms with van der Waals surface area (Å²) in [6, 6.07) is 7.99. The Morgan fingerprint density at radius 3 is 2.41 bits per heavy atom. The van der Waals surface area contributed by atoms with Gasteiger partial charge in [-0.2, -0.15) is 0 Å². The molecule has 1 aromatic rings. The van der Waals surface area contributed by atoms with Gasteiger partial charge in [0.25, 0.3) is 0 Å². The third-order valence-corrected chi connectivity index (χ3v) is 5.63. The number of nitrogens with two attached hydrogens (primary N) is 1. The van der Waals surface area contributed by atoms with Crippen LogP contribution < -0.4 is 10.6 Å². The fourth-order valence-corrected chi connectivity index (χ4v) is 3.78. The van der Waals surface area contributed by atoms with Crippen LogP contribution in [-0.4, -0.2) is 70.5 Å². The first-order valence-corrected chi connectivity index (χ1v) is 9.62. The van der Waals surface area contributed by atoms with E-state index in [9.17, 15) is 0 Å². The second kappa shape index (κ2) is 10.7. The van der Waals surface area contributed by atoms with Crippen molar-refractivity contribution >= 4 is 47.2 Å². The summed E-state index contributed by atoms with van der Waals surface area (Å²) in [6.45, 7) is 6.56. The van der Waals surface area contributed by atoms with Crippen molar-refractivity contribution in [3.8, 4) is 0 Å². The van der Waals surface area contributed by atoms with E-state index < -0.39 is 0 Å². The number of nitrogens with zero attached hydrogens (tertiary/aromatic N) is 3. The molecule has 2 fully saturated rings. The van der Waals surface area contributed by atoms with E-state index in [-0.39, 0.29) is 29.4 Å². The van der Waals surface area contributed by atoms with Crippen LogP contribution in [0.2, 0.25) is 5.02 Å². The highest BCUT2D eigenvalue weighted by atomic mass is 127. The van der Waals surface area contributed by atoms with Crippen molar-refractivity contribution in [2.75, 3.05) is 64.6 Å². The molecule has 1 aromatic carbocycles. The van der Waals surface area contributed by atoms with E-state index in [1.165, 1.54) is 5.69 Å². The van der Waals surface area contributed by atoms with Crippen LogP contribution in [0.25, 0.3) is 0 Å². The topological polar surface area (TPSA) is 63.3 Å². The Morgan fingerprint density at radius 2 is 1.81 bits per heavy atom. The van der Waals surface area contributed by atoms with E-state index >= 15 is 0 Å². The number of guanidine groups is 1. The van der Waals surface area contributed by atoms with E-state index in [1.54, 1.807) is 7.11 Å². The second-order valence-electron chi connectivity index (χ2n) is 7.17. The fourth-order valence-electron chi connectivity index (χ4n) is 3.65. The summed E-state index contributed by atoms with van der Waals surface area (Å²) in [5, 5.41) is 0.766. The number of benzene rings is 1. The summed E-state index contributed by atoms with van der Waals surface area (Å²) in [4.78, 5) is 9.25. The molecule has 2 aliphatic heterocycles. The maximum Gasteiger partial charge on any atom is 0.191 e. The van der Waals surface area contributed by atoms with Gasteiger partial charge in [-0.1, -0.05) is 11.6 Å². The molecule has 3 rings (SSSR count). The lowest BCUT2D eigenvalue weighted by atomic mass is 9.81. The number of anilines is 1. The molecule has 0 aliphatic carbocycles. The Labute approximate surface area is 184 Å². The third-order valence-electron chi connectivity index (χ3n) is 5.38. The number of halogens is 2. The molecule has 2 saturated heterocycles. The summed E-state index contributed by atoms with van der Waals surface area (Å²) < 4.78 is 10.9. The van der Waals surface area contributed by atoms with Crippen molar-refractivity contribution in [3.05, 3.63) is 29.3 Å². The van der Waals surface area contributed by atoms with Gasteiger partial charge in [-0.25, -0.2) is 0 Å². The standard InChI is InChI=1S/C19H29ClN4O2.HI/c1-25-15-19(6-12-26-13-7-19)14-22-18(21)24-10-8-23(9-11-24)17-4-2-16(20)3-5-17;/h2-5H,6-15H2,1H3,(H2,21,22);1H. The van der Waals surface area contributed by atoms with Crippen LogP contribution in [0.5, 0.6) is 0 Å². The monoisotopic (exact) mass is 508 g/mol. The predicted molar refractivity (Wildman–Crippen MR) is 122 cm³/mol. The molecule has 0 unspecified atom stereocenters. The highest BCUT2D eigenvalue weighted by molar-refractivity contribution is 14.0. The molecule has 0 atom stereocenters. The van der Waals surface area contributed by atoms with Crippen LogP contribution in [0.4, 0.5) is 5.69 Å². The largest absolute Gasteiger partial charge is 0.384 e. The van der Waals surface area contributed by atoms with E-state index in [2.05, 4.69) is 21.9 Å². The van der Waals surface area contributed by atoms with E-state index in [1.807, 2.05) is 12.1 Å². The van der Waals surface area contributed by atoms with Crippen LogP contribution in [0.1, 0.15) is 12.8 Å². The zero-order valence-corrected chi connectivity index (χ0v) is 19.0. The molecule has 2 aliphatic rings. The number of aliphatic imine (C=N–C) groups is 1. The van der Waals surface area contributed by atoms with E-state index in [0.29, 0.717) is 19.1 Å². The smallest absolute Gasteiger partial charge is 0.191 e. The average molecular weight is 509 g/mol. The highest BCUT2D eigenvalue weighted by Crippen LogP contribution is 2.31. The first kappa shape index (κ1) is 22.5. The zero-order chi connectivity index (χ0) is 18.4. The molecular formula is C19H30ClIN4O2. The van der Waals surface area contributed by atoms with Gasteiger partial charge in [0.1, 0.15) is 0 Å². The number of piperazine rings is 1. The van der Waals surface area contributed by atoms with E-state index in [4.69, 9.17) is 31.8 Å². The summed E-state index contributed by atoms with van der Waals surface area (Å²) in [7, 11) is 1.75. The van der Waals surface area contributed by atoms with Crippen LogP contribution in [0.3, 0.4) is 0 Å². The van der Waals surface area contributed by atoms with Crippen LogP contribution in [-0.2, 0) is 9.47 Å². The second-order valence-corrected chi connectivity index (χ2v) is 7.61. The summed E-state index contributed by atoms with van der Waals surface area (Å²) in [5.41, 5.74) is 7.55. The van der Waals surface area contributed by atoms with Crippen molar-refractivity contribution < 1.29 is 9.47 Å². The minimum Gasteiger partial charge on any atom is -0.384 e. The SMILES string of the molecule is COCC1(CN=C(N)N2CCN(c3ccc(Cl)cc3)CC2)CCOCC1.I. The quantitative estimate of drug-likeness (QED) is 0.376. The lowest BCUT2D eigenvalue weighted by Crippen LogP contribution is -2.51. The average Bonchev–Trinajstić information content (AvgIpc) is 2.68. The summed E-state index contributed by atoms with van der Waals surface area (Å²) in [5.74, 6) is 0.641. The highest BCUT2D eigenvalue weighted by Gasteiger charge is 2.33. The maximum absolute atomic E-state index is 6.29. The van der Waals surface area contributed by atoms with Crippen molar-refractivity contribution in [1.82, 2.24) is 4.90 Å². The van der Waals surface area contributed by atoms with Crippen molar-refractivity contribution in [2.24, 2.45) is 16.1 Å². The summed E-state index contributed by atoms with van der Waals surface area (Å²) >= 11 is 5.97. The van der Waals surface area contributed by atoms with Crippen LogP contribution in [0, 0.1) is 5.41 Å². The number of methoxy groups -OCH3 is 1. The molecule has 8 heteroatoms. The minimum absolute atomic E-state index is 0. The van der Waals surface area contributed by atoms with E-state index in [0.717, 1.165) is 57.3 Å². The van der Waals surface area contributed by atoms with Gasteiger partial charge in [-0.15, -0.1) is 24.0 Å². The number of ether oxygens (including phenoxy) is 2. The molecule has 0 bridgehead atoms. The van der Waals surface area contributed by atoms with Crippen LogP contribution in [0.15, 0.2) is 29.3 Å². The Morgan fingerprint density at radius 1 is 1.19 bits per heavy atom. The van der Waals surface area contributed by atoms with Gasteiger partial charge in [-0.05, 0) is 37.1 Å². The molecule has 2 N–H and O–H groups in total.